The number of carbonyl (C=O) groups is 2. The number of thiophene rings is 1. The van der Waals surface area contributed by atoms with Gasteiger partial charge in [0.25, 0.3) is 0 Å². The predicted molar refractivity (Wildman–Crippen MR) is 92.2 cm³/mol. The highest BCUT2D eigenvalue weighted by molar-refractivity contribution is 7.16. The molecular weight excluding hydrogens is 328 g/mol. The molecule has 0 aromatic carbocycles. The van der Waals surface area contributed by atoms with Crippen LogP contribution < -0.4 is 4.90 Å². The van der Waals surface area contributed by atoms with Gasteiger partial charge in [0, 0.05) is 26.7 Å². The Morgan fingerprint density at radius 2 is 2.29 bits per heavy atom. The van der Waals surface area contributed by atoms with Crippen LogP contribution in [0.15, 0.2) is 17.8 Å². The Labute approximate surface area is 143 Å². The van der Waals surface area contributed by atoms with Crippen molar-refractivity contribution >= 4 is 39.2 Å². The molecular formula is C16H20N4O3S. The minimum Gasteiger partial charge on any atom is -0.481 e. The summed E-state index contributed by atoms with van der Waals surface area (Å²) in [6, 6.07) is 2.01. The zero-order valence-electron chi connectivity index (χ0n) is 13.5. The number of carboxylic acids is 1. The lowest BCUT2D eigenvalue weighted by Gasteiger charge is -2.34. The van der Waals surface area contributed by atoms with Gasteiger partial charge in [0.15, 0.2) is 0 Å². The molecule has 0 spiro atoms. The number of hydrogen-bond acceptors (Lipinski definition) is 6. The third kappa shape index (κ3) is 3.48. The molecule has 7 nitrogen and oxygen atoms in total. The molecule has 1 atom stereocenters. The van der Waals surface area contributed by atoms with Crippen molar-refractivity contribution in [1.82, 2.24) is 14.9 Å². The van der Waals surface area contributed by atoms with Gasteiger partial charge < -0.3 is 14.9 Å². The Morgan fingerprint density at radius 3 is 3.08 bits per heavy atom. The van der Waals surface area contributed by atoms with E-state index in [4.69, 9.17) is 5.11 Å². The number of amides is 1. The lowest BCUT2D eigenvalue weighted by atomic mass is 9.96. The van der Waals surface area contributed by atoms with Crippen LogP contribution in [0.2, 0.25) is 0 Å². The van der Waals surface area contributed by atoms with Gasteiger partial charge in [-0.15, -0.1) is 11.3 Å². The topological polar surface area (TPSA) is 86.6 Å². The summed E-state index contributed by atoms with van der Waals surface area (Å²) < 4.78 is 0. The van der Waals surface area contributed by atoms with Gasteiger partial charge in [-0.3, -0.25) is 9.59 Å². The second-order valence-corrected chi connectivity index (χ2v) is 6.92. The molecule has 0 saturated carbocycles. The van der Waals surface area contributed by atoms with Crippen LogP contribution in [0.3, 0.4) is 0 Å². The summed E-state index contributed by atoms with van der Waals surface area (Å²) in [5, 5.41) is 11.8. The minimum atomic E-state index is -0.888. The fraction of sp³-hybridized carbons (Fsp3) is 0.500. The molecule has 1 aliphatic heterocycles. The van der Waals surface area contributed by atoms with Crippen LogP contribution in [-0.4, -0.2) is 58.5 Å². The van der Waals surface area contributed by atoms with Crippen LogP contribution in [0, 0.1) is 5.92 Å². The molecule has 1 saturated heterocycles. The average Bonchev–Trinajstić information content (AvgIpc) is 3.07. The van der Waals surface area contributed by atoms with Crippen molar-refractivity contribution < 1.29 is 14.7 Å². The molecule has 0 radical (unpaired) electrons. The lowest BCUT2D eigenvalue weighted by molar-refractivity contribution is -0.139. The second-order valence-electron chi connectivity index (χ2n) is 6.03. The number of nitrogens with zero attached hydrogens (tertiary/aromatic N) is 4. The molecule has 128 valence electrons. The van der Waals surface area contributed by atoms with Crippen LogP contribution in [0.1, 0.15) is 19.3 Å². The summed E-state index contributed by atoms with van der Waals surface area (Å²) in [4.78, 5) is 36.6. The number of hydrogen-bond donors (Lipinski definition) is 1. The quantitative estimate of drug-likeness (QED) is 0.887. The first kappa shape index (κ1) is 16.6. The Kier molecular flexibility index (Phi) is 4.94. The monoisotopic (exact) mass is 348 g/mol. The first-order valence-corrected chi connectivity index (χ1v) is 8.84. The molecule has 0 aliphatic carbocycles. The molecule has 1 amide bonds. The number of carboxylic acid groups (broad SMARTS) is 1. The Hall–Kier alpha value is -2.22. The van der Waals surface area contributed by atoms with Gasteiger partial charge in [-0.05, 0) is 24.3 Å². The first-order chi connectivity index (χ1) is 11.6. The standard InChI is InChI=1S/C16H20N4O3S/c1-19(7-4-13(21)22)16(23)11-3-2-6-20(9-11)14-12-5-8-24-15(12)18-10-17-14/h5,8,10-11H,2-4,6-7,9H2,1H3,(H,21,22). The number of piperidine rings is 1. The Balaban J connectivity index is 1.71. The molecule has 3 rings (SSSR count). The van der Waals surface area contributed by atoms with E-state index in [9.17, 15) is 9.59 Å². The smallest absolute Gasteiger partial charge is 0.305 e. The van der Waals surface area contributed by atoms with Crippen molar-refractivity contribution in [1.29, 1.82) is 0 Å². The van der Waals surface area contributed by atoms with Gasteiger partial charge in [0.1, 0.15) is 17.0 Å². The highest BCUT2D eigenvalue weighted by atomic mass is 32.1. The van der Waals surface area contributed by atoms with Crippen LogP contribution in [0.5, 0.6) is 0 Å². The molecule has 1 N–H and O–H groups in total. The zero-order valence-corrected chi connectivity index (χ0v) is 14.3. The van der Waals surface area contributed by atoms with E-state index in [1.54, 1.807) is 24.7 Å². The highest BCUT2D eigenvalue weighted by Gasteiger charge is 2.29. The molecule has 1 unspecified atom stereocenters. The van der Waals surface area contributed by atoms with Crippen molar-refractivity contribution in [3.8, 4) is 0 Å². The predicted octanol–water partition coefficient (Wildman–Crippen LogP) is 1.84. The SMILES string of the molecule is CN(CCC(=O)O)C(=O)C1CCCN(c2ncnc3sccc23)C1. The molecule has 0 bridgehead atoms. The molecule has 2 aromatic rings. The van der Waals surface area contributed by atoms with Gasteiger partial charge in [0.05, 0.1) is 17.7 Å². The fourth-order valence-electron chi connectivity index (χ4n) is 3.09. The van der Waals surface area contributed by atoms with Crippen molar-refractivity contribution in [2.45, 2.75) is 19.3 Å². The number of aliphatic carboxylic acids is 1. The van der Waals surface area contributed by atoms with Crippen LogP contribution in [0.4, 0.5) is 5.82 Å². The molecule has 1 aliphatic rings. The first-order valence-electron chi connectivity index (χ1n) is 7.96. The summed E-state index contributed by atoms with van der Waals surface area (Å²) >= 11 is 1.58. The van der Waals surface area contributed by atoms with Gasteiger partial charge >= 0.3 is 5.97 Å². The zero-order chi connectivity index (χ0) is 17.1. The van der Waals surface area contributed by atoms with Crippen LogP contribution >= 0.6 is 11.3 Å². The summed E-state index contributed by atoms with van der Waals surface area (Å²) in [5.74, 6) is -0.120. The molecule has 24 heavy (non-hydrogen) atoms. The number of fused-ring (bicyclic) bond motifs is 1. The van der Waals surface area contributed by atoms with Crippen molar-refractivity contribution in [2.75, 3.05) is 31.6 Å². The van der Waals surface area contributed by atoms with Crippen molar-refractivity contribution in [3.63, 3.8) is 0 Å². The van der Waals surface area contributed by atoms with E-state index in [2.05, 4.69) is 14.9 Å². The molecule has 2 aromatic heterocycles. The number of rotatable bonds is 5. The summed E-state index contributed by atoms with van der Waals surface area (Å²) in [6.45, 7) is 1.72. The normalized spacial score (nSPS) is 17.9. The second kappa shape index (κ2) is 7.12. The maximum absolute atomic E-state index is 12.6. The van der Waals surface area contributed by atoms with E-state index in [0.717, 1.165) is 35.4 Å². The van der Waals surface area contributed by atoms with E-state index in [1.807, 2.05) is 11.4 Å². The maximum atomic E-state index is 12.6. The van der Waals surface area contributed by atoms with E-state index in [0.29, 0.717) is 6.54 Å². The van der Waals surface area contributed by atoms with Crippen molar-refractivity contribution in [3.05, 3.63) is 17.8 Å². The van der Waals surface area contributed by atoms with Gasteiger partial charge in [-0.25, -0.2) is 9.97 Å². The number of aromatic nitrogens is 2. The summed E-state index contributed by atoms with van der Waals surface area (Å²) in [7, 11) is 1.67. The molecule has 8 heteroatoms. The Morgan fingerprint density at radius 1 is 1.46 bits per heavy atom. The molecule has 3 heterocycles. The average molecular weight is 348 g/mol. The molecule has 1 fully saturated rings. The number of carbonyl (C=O) groups excluding carboxylic acids is 1. The third-order valence-electron chi connectivity index (χ3n) is 4.35. The fourth-order valence-corrected chi connectivity index (χ4v) is 3.81. The van der Waals surface area contributed by atoms with E-state index < -0.39 is 5.97 Å². The van der Waals surface area contributed by atoms with Crippen molar-refractivity contribution in [2.24, 2.45) is 5.92 Å². The summed E-state index contributed by atoms with van der Waals surface area (Å²) in [5.41, 5.74) is 0. The van der Waals surface area contributed by atoms with Crippen LogP contribution in [-0.2, 0) is 9.59 Å². The van der Waals surface area contributed by atoms with E-state index >= 15 is 0 Å². The highest BCUT2D eigenvalue weighted by Crippen LogP contribution is 2.30. The van der Waals surface area contributed by atoms with E-state index in [1.165, 1.54) is 4.90 Å². The lowest BCUT2D eigenvalue weighted by Crippen LogP contribution is -2.44. The van der Waals surface area contributed by atoms with Gasteiger partial charge in [-0.2, -0.15) is 0 Å². The van der Waals surface area contributed by atoms with Gasteiger partial charge in [-0.1, -0.05) is 0 Å². The summed E-state index contributed by atoms with van der Waals surface area (Å²) in [6.07, 6.45) is 3.28. The Bertz CT molecular complexity index is 748. The maximum Gasteiger partial charge on any atom is 0.305 e. The van der Waals surface area contributed by atoms with E-state index in [-0.39, 0.29) is 24.8 Å². The van der Waals surface area contributed by atoms with Gasteiger partial charge in [0.2, 0.25) is 5.91 Å². The largest absolute Gasteiger partial charge is 0.481 e. The number of anilines is 1. The van der Waals surface area contributed by atoms with Crippen LogP contribution in [0.25, 0.3) is 10.2 Å². The minimum absolute atomic E-state index is 0.0107. The third-order valence-corrected chi connectivity index (χ3v) is 5.17.